The Morgan fingerprint density at radius 1 is 1.33 bits per heavy atom. The lowest BCUT2D eigenvalue weighted by Crippen LogP contribution is -2.21. The lowest BCUT2D eigenvalue weighted by atomic mass is 10.3. The fourth-order valence-corrected chi connectivity index (χ4v) is 1.22. The predicted molar refractivity (Wildman–Crippen MR) is 59.8 cm³/mol. The fraction of sp³-hybridized carbons (Fsp3) is 0.0909. The van der Waals surface area contributed by atoms with Gasteiger partial charge in [-0.05, 0) is 30.3 Å². The van der Waals surface area contributed by atoms with E-state index in [-0.39, 0.29) is 5.91 Å². The summed E-state index contributed by atoms with van der Waals surface area (Å²) >= 11 is 5.72. The average Bonchev–Trinajstić information content (AvgIpc) is 2.21. The normalized spacial score (nSPS) is 10.3. The minimum atomic E-state index is -0.171. The number of aldehydes is 1. The molecular formula is C11H10ClNO2. The molecule has 0 fully saturated rings. The number of halogens is 1. The number of hydrogen-bond acceptors (Lipinski definition) is 2. The van der Waals surface area contributed by atoms with Crippen molar-refractivity contribution in [2.45, 2.75) is 6.92 Å². The molecule has 0 aliphatic carbocycles. The Morgan fingerprint density at radius 3 is 2.40 bits per heavy atom. The van der Waals surface area contributed by atoms with Crippen LogP contribution in [-0.2, 0) is 9.59 Å². The van der Waals surface area contributed by atoms with Crippen LogP contribution in [0.2, 0.25) is 5.02 Å². The number of amides is 1. The largest absolute Gasteiger partial charge is 0.299 e. The van der Waals surface area contributed by atoms with Gasteiger partial charge in [-0.15, -0.1) is 0 Å². The van der Waals surface area contributed by atoms with Gasteiger partial charge in [0, 0.05) is 23.8 Å². The van der Waals surface area contributed by atoms with Gasteiger partial charge in [-0.3, -0.25) is 14.5 Å². The Kier molecular flexibility index (Phi) is 4.06. The van der Waals surface area contributed by atoms with Crippen molar-refractivity contribution in [2.75, 3.05) is 4.90 Å². The zero-order valence-corrected chi connectivity index (χ0v) is 8.94. The molecule has 0 saturated heterocycles. The van der Waals surface area contributed by atoms with E-state index in [1.807, 2.05) is 0 Å². The Morgan fingerprint density at radius 2 is 1.93 bits per heavy atom. The molecule has 0 radical (unpaired) electrons. The van der Waals surface area contributed by atoms with Gasteiger partial charge in [-0.25, -0.2) is 0 Å². The second-order valence-corrected chi connectivity index (χ2v) is 3.28. The monoisotopic (exact) mass is 223 g/mol. The Bertz CT molecular complexity index is 384. The molecule has 1 rings (SSSR count). The van der Waals surface area contributed by atoms with E-state index in [1.54, 1.807) is 24.3 Å². The Balaban J connectivity index is 2.98. The van der Waals surface area contributed by atoms with Crippen molar-refractivity contribution in [3.8, 4) is 0 Å². The molecule has 0 unspecified atom stereocenters. The predicted octanol–water partition coefficient (Wildman–Crippen LogP) is 2.41. The van der Waals surface area contributed by atoms with Crippen molar-refractivity contribution in [1.82, 2.24) is 0 Å². The molecular weight excluding hydrogens is 214 g/mol. The zero-order chi connectivity index (χ0) is 11.3. The molecule has 0 bridgehead atoms. The van der Waals surface area contributed by atoms with Gasteiger partial charge >= 0.3 is 0 Å². The van der Waals surface area contributed by atoms with Crippen molar-refractivity contribution >= 4 is 29.5 Å². The molecule has 0 saturated carbocycles. The molecule has 78 valence electrons. The van der Waals surface area contributed by atoms with Crippen LogP contribution in [0, 0.1) is 0 Å². The van der Waals surface area contributed by atoms with E-state index in [1.165, 1.54) is 24.1 Å². The highest BCUT2D eigenvalue weighted by Crippen LogP contribution is 2.18. The highest BCUT2D eigenvalue weighted by Gasteiger charge is 2.06. The van der Waals surface area contributed by atoms with Crippen LogP contribution >= 0.6 is 11.6 Å². The average molecular weight is 224 g/mol. The van der Waals surface area contributed by atoms with Crippen molar-refractivity contribution in [3.63, 3.8) is 0 Å². The van der Waals surface area contributed by atoms with Gasteiger partial charge in [0.1, 0.15) is 6.29 Å². The van der Waals surface area contributed by atoms with Gasteiger partial charge < -0.3 is 0 Å². The molecule has 3 nitrogen and oxygen atoms in total. The van der Waals surface area contributed by atoms with Crippen LogP contribution in [0.15, 0.2) is 36.5 Å². The summed E-state index contributed by atoms with van der Waals surface area (Å²) in [7, 11) is 0. The number of rotatable bonds is 3. The zero-order valence-electron chi connectivity index (χ0n) is 8.18. The maximum absolute atomic E-state index is 11.3. The lowest BCUT2D eigenvalue weighted by Gasteiger charge is -2.15. The van der Waals surface area contributed by atoms with E-state index in [0.717, 1.165) is 0 Å². The fourth-order valence-electron chi connectivity index (χ4n) is 1.10. The number of benzene rings is 1. The van der Waals surface area contributed by atoms with Gasteiger partial charge in [0.2, 0.25) is 5.91 Å². The maximum Gasteiger partial charge on any atom is 0.227 e. The summed E-state index contributed by atoms with van der Waals surface area (Å²) in [6, 6.07) is 6.78. The summed E-state index contributed by atoms with van der Waals surface area (Å²) in [6.07, 6.45) is 3.29. The summed E-state index contributed by atoms with van der Waals surface area (Å²) in [6.45, 7) is 1.42. The van der Waals surface area contributed by atoms with Crippen LogP contribution in [0.1, 0.15) is 6.92 Å². The van der Waals surface area contributed by atoms with Gasteiger partial charge in [0.05, 0.1) is 0 Å². The molecule has 0 N–H and O–H groups in total. The molecule has 0 aromatic heterocycles. The maximum atomic E-state index is 11.3. The highest BCUT2D eigenvalue weighted by molar-refractivity contribution is 6.30. The smallest absolute Gasteiger partial charge is 0.227 e. The van der Waals surface area contributed by atoms with E-state index in [2.05, 4.69) is 0 Å². The number of anilines is 1. The first-order valence-electron chi connectivity index (χ1n) is 4.32. The van der Waals surface area contributed by atoms with E-state index in [0.29, 0.717) is 17.0 Å². The van der Waals surface area contributed by atoms with Crippen molar-refractivity contribution in [1.29, 1.82) is 0 Å². The number of hydrogen-bond donors (Lipinski definition) is 0. The van der Waals surface area contributed by atoms with E-state index in [9.17, 15) is 9.59 Å². The van der Waals surface area contributed by atoms with E-state index >= 15 is 0 Å². The number of nitrogens with zero attached hydrogens (tertiary/aromatic N) is 1. The van der Waals surface area contributed by atoms with Gasteiger partial charge in [-0.2, -0.15) is 0 Å². The van der Waals surface area contributed by atoms with Crippen LogP contribution in [0.5, 0.6) is 0 Å². The third kappa shape index (κ3) is 3.22. The van der Waals surface area contributed by atoms with Gasteiger partial charge in [0.25, 0.3) is 0 Å². The topological polar surface area (TPSA) is 37.4 Å². The standard InChI is InChI=1S/C11H10ClNO2/c1-9(15)13(7-2-8-14)11-5-3-10(12)4-6-11/h2-8H,1H3/b7-2+. The number of carbonyl (C=O) groups is 2. The Labute approximate surface area is 93.0 Å². The molecule has 15 heavy (non-hydrogen) atoms. The second-order valence-electron chi connectivity index (χ2n) is 2.84. The minimum Gasteiger partial charge on any atom is -0.299 e. The molecule has 0 heterocycles. The quantitative estimate of drug-likeness (QED) is 0.583. The summed E-state index contributed by atoms with van der Waals surface area (Å²) in [5, 5.41) is 0.599. The first-order chi connectivity index (χ1) is 7.15. The number of carbonyl (C=O) groups excluding carboxylic acids is 2. The third-order valence-electron chi connectivity index (χ3n) is 1.76. The molecule has 0 atom stereocenters. The van der Waals surface area contributed by atoms with Crippen LogP contribution in [-0.4, -0.2) is 12.2 Å². The molecule has 0 aliphatic heterocycles. The molecule has 1 aromatic rings. The lowest BCUT2D eigenvalue weighted by molar-refractivity contribution is -0.116. The van der Waals surface area contributed by atoms with Crippen molar-refractivity contribution in [2.24, 2.45) is 0 Å². The number of allylic oxidation sites excluding steroid dienone is 1. The van der Waals surface area contributed by atoms with E-state index < -0.39 is 0 Å². The summed E-state index contributed by atoms with van der Waals surface area (Å²) in [5.74, 6) is -0.171. The first kappa shape index (κ1) is 11.5. The molecule has 4 heteroatoms. The second kappa shape index (κ2) is 5.32. The molecule has 1 aromatic carbocycles. The van der Waals surface area contributed by atoms with Crippen molar-refractivity contribution in [3.05, 3.63) is 41.6 Å². The van der Waals surface area contributed by atoms with Crippen molar-refractivity contribution < 1.29 is 9.59 Å². The molecule has 0 aliphatic rings. The first-order valence-corrected chi connectivity index (χ1v) is 4.70. The van der Waals surface area contributed by atoms with Gasteiger partial charge in [0.15, 0.2) is 0 Å². The third-order valence-corrected chi connectivity index (χ3v) is 2.01. The van der Waals surface area contributed by atoms with Crippen LogP contribution in [0.4, 0.5) is 5.69 Å². The molecule has 0 spiro atoms. The van der Waals surface area contributed by atoms with E-state index in [4.69, 9.17) is 11.6 Å². The highest BCUT2D eigenvalue weighted by atomic mass is 35.5. The molecule has 1 amide bonds. The minimum absolute atomic E-state index is 0.171. The van der Waals surface area contributed by atoms with Crippen LogP contribution in [0.3, 0.4) is 0 Å². The van der Waals surface area contributed by atoms with Crippen LogP contribution in [0.25, 0.3) is 0 Å². The van der Waals surface area contributed by atoms with Crippen LogP contribution < -0.4 is 4.90 Å². The summed E-state index contributed by atoms with van der Waals surface area (Å²) < 4.78 is 0. The summed E-state index contributed by atoms with van der Waals surface area (Å²) in [4.78, 5) is 22.8. The van der Waals surface area contributed by atoms with Gasteiger partial charge in [-0.1, -0.05) is 11.6 Å². The SMILES string of the molecule is CC(=O)N(/C=C/C=O)c1ccc(Cl)cc1. The summed E-state index contributed by atoms with van der Waals surface area (Å²) in [5.41, 5.74) is 0.671. The Hall–Kier alpha value is -1.61.